The number of aromatic nitrogens is 1. The van der Waals surface area contributed by atoms with Crippen LogP contribution >= 0.6 is 11.8 Å². The van der Waals surface area contributed by atoms with E-state index in [1.54, 1.807) is 32.4 Å². The molecule has 0 spiro atoms. The second-order valence-electron chi connectivity index (χ2n) is 5.35. The van der Waals surface area contributed by atoms with Crippen molar-refractivity contribution in [1.82, 2.24) is 14.8 Å². The number of carbonyl (C=O) groups is 2. The van der Waals surface area contributed by atoms with E-state index < -0.39 is 0 Å². The SMILES string of the molecule is CC(Sc1ncccc1C(=O)N(C)C)C(=O)N1CCCC1. The van der Waals surface area contributed by atoms with Crippen LogP contribution in [0, 0.1) is 0 Å². The Labute approximate surface area is 129 Å². The number of carbonyl (C=O) groups excluding carboxylic acids is 2. The first-order chi connectivity index (χ1) is 10.0. The summed E-state index contributed by atoms with van der Waals surface area (Å²) in [6.45, 7) is 3.56. The van der Waals surface area contributed by atoms with Crippen molar-refractivity contribution in [2.75, 3.05) is 27.2 Å². The lowest BCUT2D eigenvalue weighted by Crippen LogP contribution is -2.34. The smallest absolute Gasteiger partial charge is 0.256 e. The molecule has 1 fully saturated rings. The Kier molecular flexibility index (Phi) is 5.22. The van der Waals surface area contributed by atoms with Crippen LogP contribution in [0.5, 0.6) is 0 Å². The highest BCUT2D eigenvalue weighted by atomic mass is 32.2. The van der Waals surface area contributed by atoms with Gasteiger partial charge in [-0.15, -0.1) is 0 Å². The number of likely N-dealkylation sites (tertiary alicyclic amines) is 1. The predicted octanol–water partition coefficient (Wildman–Crippen LogP) is 1.89. The molecule has 1 unspecified atom stereocenters. The summed E-state index contributed by atoms with van der Waals surface area (Å²) >= 11 is 1.36. The van der Waals surface area contributed by atoms with Gasteiger partial charge in [0.15, 0.2) is 0 Å². The highest BCUT2D eigenvalue weighted by Crippen LogP contribution is 2.27. The first-order valence-corrected chi connectivity index (χ1v) is 8.00. The van der Waals surface area contributed by atoms with Crippen LogP contribution in [-0.2, 0) is 4.79 Å². The van der Waals surface area contributed by atoms with E-state index in [-0.39, 0.29) is 17.1 Å². The topological polar surface area (TPSA) is 53.5 Å². The normalized spacial score (nSPS) is 15.9. The molecule has 0 bridgehead atoms. The molecule has 6 heteroatoms. The van der Waals surface area contributed by atoms with Gasteiger partial charge in [-0.05, 0) is 31.9 Å². The van der Waals surface area contributed by atoms with E-state index in [0.29, 0.717) is 10.6 Å². The van der Waals surface area contributed by atoms with E-state index in [2.05, 4.69) is 4.98 Å². The van der Waals surface area contributed by atoms with Gasteiger partial charge in [0.05, 0.1) is 10.8 Å². The number of pyridine rings is 1. The van der Waals surface area contributed by atoms with Gasteiger partial charge in [-0.25, -0.2) is 4.98 Å². The molecule has 1 aliphatic rings. The summed E-state index contributed by atoms with van der Waals surface area (Å²) in [4.78, 5) is 32.2. The summed E-state index contributed by atoms with van der Waals surface area (Å²) in [5.74, 6) is 0.0397. The molecule has 1 saturated heterocycles. The Bertz CT molecular complexity index is 527. The average molecular weight is 307 g/mol. The Morgan fingerprint density at radius 3 is 2.62 bits per heavy atom. The monoisotopic (exact) mass is 307 g/mol. The maximum Gasteiger partial charge on any atom is 0.256 e. The Morgan fingerprint density at radius 1 is 1.33 bits per heavy atom. The number of thioether (sulfide) groups is 1. The summed E-state index contributed by atoms with van der Waals surface area (Å²) in [5, 5.41) is 0.392. The van der Waals surface area contributed by atoms with Gasteiger partial charge in [-0.2, -0.15) is 0 Å². The fraction of sp³-hybridized carbons (Fsp3) is 0.533. The molecule has 21 heavy (non-hydrogen) atoms. The highest BCUT2D eigenvalue weighted by molar-refractivity contribution is 8.00. The van der Waals surface area contributed by atoms with Gasteiger partial charge in [0.1, 0.15) is 5.03 Å². The second kappa shape index (κ2) is 6.93. The number of nitrogens with zero attached hydrogens (tertiary/aromatic N) is 3. The minimum absolute atomic E-state index is 0.0913. The van der Waals surface area contributed by atoms with Crippen molar-refractivity contribution in [3.63, 3.8) is 0 Å². The lowest BCUT2D eigenvalue weighted by molar-refractivity contribution is -0.129. The van der Waals surface area contributed by atoms with Crippen molar-refractivity contribution in [3.8, 4) is 0 Å². The highest BCUT2D eigenvalue weighted by Gasteiger charge is 2.26. The van der Waals surface area contributed by atoms with Gasteiger partial charge >= 0.3 is 0 Å². The lowest BCUT2D eigenvalue weighted by Gasteiger charge is -2.20. The van der Waals surface area contributed by atoms with Crippen molar-refractivity contribution in [2.24, 2.45) is 0 Å². The molecule has 0 aliphatic carbocycles. The van der Waals surface area contributed by atoms with Crippen LogP contribution in [0.2, 0.25) is 0 Å². The van der Waals surface area contributed by atoms with Gasteiger partial charge in [0, 0.05) is 33.4 Å². The summed E-state index contributed by atoms with van der Waals surface area (Å²) < 4.78 is 0. The molecule has 0 saturated carbocycles. The Hall–Kier alpha value is -1.56. The largest absolute Gasteiger partial charge is 0.345 e. The first kappa shape index (κ1) is 15.8. The quantitative estimate of drug-likeness (QED) is 0.797. The first-order valence-electron chi connectivity index (χ1n) is 7.13. The third-order valence-corrected chi connectivity index (χ3v) is 4.57. The molecule has 1 aliphatic heterocycles. The van der Waals surface area contributed by atoms with E-state index >= 15 is 0 Å². The third-order valence-electron chi connectivity index (χ3n) is 3.46. The third kappa shape index (κ3) is 3.75. The van der Waals surface area contributed by atoms with Gasteiger partial charge < -0.3 is 9.80 Å². The number of hydrogen-bond donors (Lipinski definition) is 0. The molecule has 0 radical (unpaired) electrons. The average Bonchev–Trinajstić information content (AvgIpc) is 3.00. The van der Waals surface area contributed by atoms with Crippen LogP contribution in [0.25, 0.3) is 0 Å². The number of amides is 2. The molecular formula is C15H21N3O2S. The Balaban J connectivity index is 2.11. The lowest BCUT2D eigenvalue weighted by atomic mass is 10.2. The van der Waals surface area contributed by atoms with E-state index in [4.69, 9.17) is 0 Å². The van der Waals surface area contributed by atoms with Crippen molar-refractivity contribution in [2.45, 2.75) is 30.0 Å². The Morgan fingerprint density at radius 2 is 2.00 bits per heavy atom. The summed E-state index contributed by atoms with van der Waals surface area (Å²) in [6, 6.07) is 3.50. The summed E-state index contributed by atoms with van der Waals surface area (Å²) in [6.07, 6.45) is 3.82. The van der Waals surface area contributed by atoms with Crippen molar-refractivity contribution in [3.05, 3.63) is 23.9 Å². The van der Waals surface area contributed by atoms with Crippen LogP contribution < -0.4 is 0 Å². The molecule has 0 aromatic carbocycles. The zero-order chi connectivity index (χ0) is 15.4. The number of rotatable bonds is 4. The fourth-order valence-corrected chi connectivity index (χ4v) is 3.29. The predicted molar refractivity (Wildman–Crippen MR) is 83.4 cm³/mol. The standard InChI is InChI=1S/C15H21N3O2S/c1-11(14(19)18-9-4-5-10-18)21-13-12(7-6-8-16-13)15(20)17(2)3/h6-8,11H,4-5,9-10H2,1-3H3. The molecule has 5 nitrogen and oxygen atoms in total. The van der Waals surface area contributed by atoms with Gasteiger partial charge in [-0.1, -0.05) is 11.8 Å². The van der Waals surface area contributed by atoms with Crippen molar-refractivity contribution in [1.29, 1.82) is 0 Å². The molecular weight excluding hydrogens is 286 g/mol. The summed E-state index contributed by atoms with van der Waals surface area (Å²) in [5.41, 5.74) is 0.550. The molecule has 2 rings (SSSR count). The van der Waals surface area contributed by atoms with Crippen LogP contribution in [0.3, 0.4) is 0 Å². The molecule has 1 atom stereocenters. The fourth-order valence-electron chi connectivity index (χ4n) is 2.30. The van der Waals surface area contributed by atoms with E-state index in [1.165, 1.54) is 16.7 Å². The summed E-state index contributed by atoms with van der Waals surface area (Å²) in [7, 11) is 3.42. The minimum atomic E-state index is -0.230. The van der Waals surface area contributed by atoms with Crippen LogP contribution in [0.15, 0.2) is 23.4 Å². The molecule has 2 amide bonds. The van der Waals surface area contributed by atoms with Crippen molar-refractivity contribution >= 4 is 23.6 Å². The minimum Gasteiger partial charge on any atom is -0.345 e. The molecule has 2 heterocycles. The number of hydrogen-bond acceptors (Lipinski definition) is 4. The van der Waals surface area contributed by atoms with E-state index in [0.717, 1.165) is 25.9 Å². The zero-order valence-electron chi connectivity index (χ0n) is 12.7. The zero-order valence-corrected chi connectivity index (χ0v) is 13.5. The second-order valence-corrected chi connectivity index (χ2v) is 6.68. The van der Waals surface area contributed by atoms with Gasteiger partial charge in [-0.3, -0.25) is 9.59 Å². The maximum atomic E-state index is 12.3. The maximum absolute atomic E-state index is 12.3. The van der Waals surface area contributed by atoms with Gasteiger partial charge in [0.2, 0.25) is 5.91 Å². The molecule has 1 aromatic rings. The van der Waals surface area contributed by atoms with E-state index in [9.17, 15) is 9.59 Å². The van der Waals surface area contributed by atoms with Crippen molar-refractivity contribution < 1.29 is 9.59 Å². The van der Waals surface area contributed by atoms with Crippen LogP contribution in [0.4, 0.5) is 0 Å². The van der Waals surface area contributed by atoms with Crippen LogP contribution in [0.1, 0.15) is 30.1 Å². The molecule has 114 valence electrons. The molecule has 0 N–H and O–H groups in total. The van der Waals surface area contributed by atoms with E-state index in [1.807, 2.05) is 11.8 Å². The van der Waals surface area contributed by atoms with Crippen LogP contribution in [-0.4, -0.2) is 59.0 Å². The van der Waals surface area contributed by atoms with Gasteiger partial charge in [0.25, 0.3) is 5.91 Å². The molecule has 1 aromatic heterocycles.